The Labute approximate surface area is 106 Å². The second-order valence-corrected chi connectivity index (χ2v) is 4.97. The minimum absolute atomic E-state index is 0.117. The van der Waals surface area contributed by atoms with E-state index in [0.29, 0.717) is 25.4 Å². The first-order valence-corrected chi connectivity index (χ1v) is 5.92. The summed E-state index contributed by atoms with van der Waals surface area (Å²) in [6, 6.07) is 0. The molecule has 0 spiro atoms. The second-order valence-electron chi connectivity index (χ2n) is 4.56. The maximum Gasteiger partial charge on any atom is 0.358 e. The van der Waals surface area contributed by atoms with Crippen LogP contribution >= 0.6 is 11.6 Å². The maximum atomic E-state index is 11.8. The Balaban J connectivity index is 2.91. The molecule has 0 saturated carbocycles. The molecule has 0 aromatic carbocycles. The third-order valence-electron chi connectivity index (χ3n) is 2.54. The molecule has 0 radical (unpaired) electrons. The maximum absolute atomic E-state index is 11.8. The van der Waals surface area contributed by atoms with E-state index in [1.807, 2.05) is 18.7 Å². The normalized spacial score (nSPS) is 20.2. The lowest BCUT2D eigenvalue weighted by Crippen LogP contribution is -2.85. The molecule has 1 fully saturated rings. The first-order valence-electron chi connectivity index (χ1n) is 5.54. The van der Waals surface area contributed by atoms with Crippen molar-refractivity contribution in [3.05, 3.63) is 11.8 Å². The van der Waals surface area contributed by atoms with Crippen molar-refractivity contribution in [3.63, 3.8) is 0 Å². The third-order valence-corrected chi connectivity index (χ3v) is 2.65. The van der Waals surface area contributed by atoms with Crippen LogP contribution in [0.25, 0.3) is 0 Å². The zero-order valence-electron chi connectivity index (χ0n) is 10.4. The van der Waals surface area contributed by atoms with E-state index in [9.17, 15) is 4.79 Å². The molecular formula is C11H19ClN3O2+. The smallest absolute Gasteiger partial charge is 0.358 e. The number of primary amides is 1. The lowest BCUT2D eigenvalue weighted by atomic mass is 10.1. The Morgan fingerprint density at radius 2 is 2.24 bits per heavy atom. The summed E-state index contributed by atoms with van der Waals surface area (Å²) in [5.74, 6) is -0.117. The number of morpholine rings is 1. The Hall–Kier alpha value is -0.910. The highest BCUT2D eigenvalue weighted by atomic mass is 35.5. The van der Waals surface area contributed by atoms with Crippen molar-refractivity contribution in [1.29, 1.82) is 5.41 Å². The van der Waals surface area contributed by atoms with Crippen LogP contribution in [0.4, 0.5) is 0 Å². The van der Waals surface area contributed by atoms with Crippen LogP contribution in [0.5, 0.6) is 0 Å². The number of nitrogens with zero attached hydrogens (tertiary/aromatic N) is 1. The molecule has 0 aromatic rings. The van der Waals surface area contributed by atoms with Crippen LogP contribution in [0.2, 0.25) is 0 Å². The molecular weight excluding hydrogens is 242 g/mol. The van der Waals surface area contributed by atoms with E-state index in [-0.39, 0.29) is 16.7 Å². The Morgan fingerprint density at radius 1 is 1.59 bits per heavy atom. The van der Waals surface area contributed by atoms with E-state index >= 15 is 0 Å². The number of nitrogens with two attached hydrogens (primary N) is 1. The fourth-order valence-corrected chi connectivity index (χ4v) is 1.91. The van der Waals surface area contributed by atoms with Crippen molar-refractivity contribution in [1.82, 2.24) is 4.90 Å². The molecule has 0 bridgehead atoms. The highest BCUT2D eigenvalue weighted by Gasteiger charge is 2.31. The molecule has 6 heteroatoms. The molecule has 1 rings (SSSR count). The molecule has 17 heavy (non-hydrogen) atoms. The lowest BCUT2D eigenvalue weighted by molar-refractivity contribution is -0.536. The fourth-order valence-electron chi connectivity index (χ4n) is 1.81. The molecule has 0 atom stereocenters. The summed E-state index contributed by atoms with van der Waals surface area (Å²) < 4.78 is 5.59. The van der Waals surface area contributed by atoms with E-state index < -0.39 is 0 Å². The van der Waals surface area contributed by atoms with Crippen LogP contribution in [0.1, 0.15) is 13.8 Å². The number of ether oxygens (including phenoxy) is 1. The largest absolute Gasteiger partial charge is 0.372 e. The number of amides is 1. The molecule has 1 saturated heterocycles. The SMILES string of the molecule is C[NH2+]C(=O)C(=CC(=N)Cl)N1CCOC(C)(C)C1. The number of carbonyl (C=O) groups excluding carboxylic acids is 1. The van der Waals surface area contributed by atoms with E-state index in [2.05, 4.69) is 0 Å². The number of likely N-dealkylation sites (N-methyl/N-ethyl adjacent to an activating group) is 1. The number of hydrogen-bond acceptors (Lipinski definition) is 4. The van der Waals surface area contributed by atoms with E-state index in [1.54, 1.807) is 7.05 Å². The summed E-state index contributed by atoms with van der Waals surface area (Å²) >= 11 is 5.55. The lowest BCUT2D eigenvalue weighted by Gasteiger charge is -2.39. The van der Waals surface area contributed by atoms with Crippen molar-refractivity contribution in [2.24, 2.45) is 0 Å². The number of quaternary nitrogens is 1. The molecule has 1 heterocycles. The average molecular weight is 261 g/mol. The van der Waals surface area contributed by atoms with Crippen LogP contribution < -0.4 is 5.32 Å². The molecule has 0 aliphatic carbocycles. The fraction of sp³-hybridized carbons (Fsp3) is 0.636. The van der Waals surface area contributed by atoms with Gasteiger partial charge in [0, 0.05) is 19.2 Å². The number of allylic oxidation sites excluding steroid dienone is 1. The van der Waals surface area contributed by atoms with Crippen LogP contribution in [-0.4, -0.2) is 48.3 Å². The first-order chi connectivity index (χ1) is 7.85. The number of hydrogen-bond donors (Lipinski definition) is 2. The van der Waals surface area contributed by atoms with Crippen LogP contribution in [0.15, 0.2) is 11.8 Å². The number of nitrogens with one attached hydrogen (secondary N) is 1. The zero-order chi connectivity index (χ0) is 13.1. The first kappa shape index (κ1) is 14.2. The number of carbonyl (C=O) groups is 1. The average Bonchev–Trinajstić information content (AvgIpc) is 2.23. The van der Waals surface area contributed by atoms with Gasteiger partial charge in [0.2, 0.25) is 0 Å². The molecule has 0 unspecified atom stereocenters. The van der Waals surface area contributed by atoms with E-state index in [1.165, 1.54) is 11.4 Å². The van der Waals surface area contributed by atoms with Gasteiger partial charge in [0.05, 0.1) is 19.3 Å². The molecule has 1 aliphatic rings. The van der Waals surface area contributed by atoms with Gasteiger partial charge in [-0.25, -0.2) is 4.79 Å². The van der Waals surface area contributed by atoms with Gasteiger partial charge in [-0.3, -0.25) is 10.7 Å². The van der Waals surface area contributed by atoms with Crippen molar-refractivity contribution in [2.75, 3.05) is 26.7 Å². The summed E-state index contributed by atoms with van der Waals surface area (Å²) in [5.41, 5.74) is 0.170. The molecule has 0 aromatic heterocycles. The quantitative estimate of drug-likeness (QED) is 0.551. The highest BCUT2D eigenvalue weighted by Crippen LogP contribution is 2.19. The highest BCUT2D eigenvalue weighted by molar-refractivity contribution is 6.67. The van der Waals surface area contributed by atoms with Crippen molar-refractivity contribution in [3.8, 4) is 0 Å². The second kappa shape index (κ2) is 5.62. The Kier molecular flexibility index (Phi) is 4.68. The number of rotatable bonds is 3. The van der Waals surface area contributed by atoms with Gasteiger partial charge >= 0.3 is 5.91 Å². The summed E-state index contributed by atoms with van der Waals surface area (Å²) in [7, 11) is 1.68. The van der Waals surface area contributed by atoms with Gasteiger partial charge < -0.3 is 9.64 Å². The van der Waals surface area contributed by atoms with E-state index in [0.717, 1.165) is 0 Å². The number of halogens is 1. The minimum Gasteiger partial charge on any atom is -0.372 e. The minimum atomic E-state index is -0.292. The van der Waals surface area contributed by atoms with Crippen molar-refractivity contribution < 1.29 is 14.8 Å². The van der Waals surface area contributed by atoms with Crippen LogP contribution in [0.3, 0.4) is 0 Å². The van der Waals surface area contributed by atoms with Gasteiger partial charge in [-0.2, -0.15) is 0 Å². The van der Waals surface area contributed by atoms with Gasteiger partial charge in [0.15, 0.2) is 0 Å². The van der Waals surface area contributed by atoms with Gasteiger partial charge in [0.25, 0.3) is 0 Å². The van der Waals surface area contributed by atoms with E-state index in [4.69, 9.17) is 21.7 Å². The zero-order valence-corrected chi connectivity index (χ0v) is 11.2. The van der Waals surface area contributed by atoms with Crippen LogP contribution in [0, 0.1) is 5.41 Å². The Bertz CT molecular complexity index is 353. The summed E-state index contributed by atoms with van der Waals surface area (Å²) in [6.45, 7) is 5.77. The predicted octanol–water partition coefficient (Wildman–Crippen LogP) is -0.0830. The topological polar surface area (TPSA) is 70.0 Å². The summed E-state index contributed by atoms with van der Waals surface area (Å²) in [4.78, 5) is 13.7. The standard InChI is InChI=1S/C11H18ClN3O2/c1-11(2)7-15(4-5-17-11)8(6-9(12)13)10(16)14-3/h6,13H,4-5,7H2,1-3H3,(H,14,16)/p+1. The van der Waals surface area contributed by atoms with Crippen molar-refractivity contribution >= 4 is 22.7 Å². The van der Waals surface area contributed by atoms with Gasteiger partial charge in [0.1, 0.15) is 10.9 Å². The van der Waals surface area contributed by atoms with Gasteiger partial charge in [-0.15, -0.1) is 0 Å². The summed E-state index contributed by atoms with van der Waals surface area (Å²) in [5, 5.41) is 8.62. The molecule has 5 nitrogen and oxygen atoms in total. The van der Waals surface area contributed by atoms with Crippen molar-refractivity contribution in [2.45, 2.75) is 19.4 Å². The Morgan fingerprint density at radius 3 is 2.71 bits per heavy atom. The van der Waals surface area contributed by atoms with Crippen LogP contribution in [-0.2, 0) is 9.53 Å². The third kappa shape index (κ3) is 4.11. The molecule has 96 valence electrons. The monoisotopic (exact) mass is 260 g/mol. The molecule has 1 amide bonds. The molecule has 1 aliphatic heterocycles. The predicted molar refractivity (Wildman–Crippen MR) is 66.1 cm³/mol. The van der Waals surface area contributed by atoms with Gasteiger partial charge in [-0.05, 0) is 13.8 Å². The molecule has 3 N–H and O–H groups in total. The summed E-state index contributed by atoms with van der Waals surface area (Å²) in [6.07, 6.45) is 1.39. The van der Waals surface area contributed by atoms with Gasteiger partial charge in [-0.1, -0.05) is 11.6 Å².